The number of rotatable bonds is 6. The maximum atomic E-state index is 13.4. The second-order valence-corrected chi connectivity index (χ2v) is 4.67. The summed E-state index contributed by atoms with van der Waals surface area (Å²) in [6.45, 7) is 0.297. The van der Waals surface area contributed by atoms with E-state index in [9.17, 15) is 4.39 Å². The SMILES string of the molecule is COc1ccc(COc2cc(F)cc(CCl)c2)cc1OC. The van der Waals surface area contributed by atoms with Gasteiger partial charge in [-0.3, -0.25) is 0 Å². The topological polar surface area (TPSA) is 27.7 Å². The van der Waals surface area contributed by atoms with E-state index in [1.165, 1.54) is 12.1 Å². The summed E-state index contributed by atoms with van der Waals surface area (Å²) in [6, 6.07) is 9.92. The van der Waals surface area contributed by atoms with Crippen LogP contribution in [0.4, 0.5) is 4.39 Å². The summed E-state index contributed by atoms with van der Waals surface area (Å²) in [6.07, 6.45) is 0. The molecule has 0 heterocycles. The Hall–Kier alpha value is -1.94. The molecule has 21 heavy (non-hydrogen) atoms. The van der Waals surface area contributed by atoms with E-state index in [2.05, 4.69) is 0 Å². The highest BCUT2D eigenvalue weighted by atomic mass is 35.5. The van der Waals surface area contributed by atoms with Crippen LogP contribution in [0.25, 0.3) is 0 Å². The third-order valence-electron chi connectivity index (χ3n) is 2.94. The van der Waals surface area contributed by atoms with E-state index in [4.69, 9.17) is 25.8 Å². The lowest BCUT2D eigenvalue weighted by molar-refractivity contribution is 0.302. The normalized spacial score (nSPS) is 10.3. The maximum Gasteiger partial charge on any atom is 0.161 e. The predicted molar refractivity (Wildman–Crippen MR) is 79.8 cm³/mol. The first kappa shape index (κ1) is 15.4. The van der Waals surface area contributed by atoms with Crippen molar-refractivity contribution in [3.63, 3.8) is 0 Å². The average Bonchev–Trinajstić information content (AvgIpc) is 2.52. The number of halogens is 2. The van der Waals surface area contributed by atoms with Gasteiger partial charge in [-0.2, -0.15) is 0 Å². The summed E-state index contributed by atoms with van der Waals surface area (Å²) in [7, 11) is 3.15. The monoisotopic (exact) mass is 310 g/mol. The molecule has 0 saturated carbocycles. The Morgan fingerprint density at radius 1 is 0.952 bits per heavy atom. The molecular formula is C16H16ClFO3. The molecule has 112 valence electrons. The van der Waals surface area contributed by atoms with Gasteiger partial charge in [-0.25, -0.2) is 4.39 Å². The lowest BCUT2D eigenvalue weighted by atomic mass is 10.2. The molecule has 5 heteroatoms. The van der Waals surface area contributed by atoms with Crippen LogP contribution in [-0.4, -0.2) is 14.2 Å². The lowest BCUT2D eigenvalue weighted by Crippen LogP contribution is -1.98. The van der Waals surface area contributed by atoms with Gasteiger partial charge < -0.3 is 14.2 Å². The quantitative estimate of drug-likeness (QED) is 0.750. The number of hydrogen-bond acceptors (Lipinski definition) is 3. The number of benzene rings is 2. The molecule has 0 amide bonds. The van der Waals surface area contributed by atoms with Crippen LogP contribution in [0.3, 0.4) is 0 Å². The third-order valence-corrected chi connectivity index (χ3v) is 3.25. The Kier molecular flexibility index (Phi) is 5.28. The van der Waals surface area contributed by atoms with Gasteiger partial charge in [0.05, 0.1) is 14.2 Å². The minimum absolute atomic E-state index is 0.241. The van der Waals surface area contributed by atoms with Gasteiger partial charge in [0.2, 0.25) is 0 Å². The van der Waals surface area contributed by atoms with Gasteiger partial charge in [-0.1, -0.05) is 6.07 Å². The van der Waals surface area contributed by atoms with Crippen LogP contribution in [0.15, 0.2) is 36.4 Å². The molecule has 0 bridgehead atoms. The van der Waals surface area contributed by atoms with Crippen LogP contribution in [-0.2, 0) is 12.5 Å². The third kappa shape index (κ3) is 4.02. The highest BCUT2D eigenvalue weighted by Gasteiger charge is 2.06. The molecule has 0 radical (unpaired) electrons. The summed E-state index contributed by atoms with van der Waals surface area (Å²) >= 11 is 5.71. The summed E-state index contributed by atoms with van der Waals surface area (Å²) in [4.78, 5) is 0. The summed E-state index contributed by atoms with van der Waals surface area (Å²) in [5.74, 6) is 1.59. The zero-order valence-corrected chi connectivity index (χ0v) is 12.6. The molecule has 0 N–H and O–H groups in total. The van der Waals surface area contributed by atoms with Crippen LogP contribution >= 0.6 is 11.6 Å². The number of alkyl halides is 1. The number of methoxy groups -OCH3 is 2. The molecule has 0 atom stereocenters. The van der Waals surface area contributed by atoms with Crippen molar-refractivity contribution in [2.45, 2.75) is 12.5 Å². The molecule has 0 saturated heterocycles. The standard InChI is InChI=1S/C16H16ClFO3/c1-19-15-4-3-11(7-16(15)20-2)10-21-14-6-12(9-17)5-13(18)8-14/h3-8H,9-10H2,1-2H3. The molecule has 0 aliphatic heterocycles. The molecule has 0 aromatic heterocycles. The summed E-state index contributed by atoms with van der Waals surface area (Å²) < 4.78 is 29.4. The van der Waals surface area contributed by atoms with Crippen molar-refractivity contribution < 1.29 is 18.6 Å². The van der Waals surface area contributed by atoms with E-state index >= 15 is 0 Å². The molecule has 2 rings (SSSR count). The zero-order valence-electron chi connectivity index (χ0n) is 11.9. The van der Waals surface area contributed by atoms with Crippen LogP contribution in [0, 0.1) is 5.82 Å². The van der Waals surface area contributed by atoms with Crippen molar-refractivity contribution in [2.75, 3.05) is 14.2 Å². The van der Waals surface area contributed by atoms with Gasteiger partial charge in [0.15, 0.2) is 11.5 Å². The molecule has 0 spiro atoms. The zero-order chi connectivity index (χ0) is 15.2. The molecule has 0 fully saturated rings. The van der Waals surface area contributed by atoms with Gasteiger partial charge >= 0.3 is 0 Å². The Bertz CT molecular complexity index is 616. The smallest absolute Gasteiger partial charge is 0.161 e. The van der Waals surface area contributed by atoms with Gasteiger partial charge in [-0.15, -0.1) is 11.6 Å². The van der Waals surface area contributed by atoms with Crippen molar-refractivity contribution in [3.8, 4) is 17.2 Å². The minimum atomic E-state index is -0.365. The van der Waals surface area contributed by atoms with Crippen molar-refractivity contribution >= 4 is 11.6 Å². The van der Waals surface area contributed by atoms with Gasteiger partial charge in [0, 0.05) is 11.9 Å². The Morgan fingerprint density at radius 2 is 1.71 bits per heavy atom. The molecule has 0 aliphatic rings. The second kappa shape index (κ2) is 7.18. The minimum Gasteiger partial charge on any atom is -0.493 e. The van der Waals surface area contributed by atoms with Crippen LogP contribution in [0.5, 0.6) is 17.2 Å². The van der Waals surface area contributed by atoms with Crippen molar-refractivity contribution in [1.29, 1.82) is 0 Å². The fourth-order valence-corrected chi connectivity index (χ4v) is 2.07. The van der Waals surface area contributed by atoms with E-state index in [0.717, 1.165) is 5.56 Å². The molecule has 2 aromatic rings. The van der Waals surface area contributed by atoms with E-state index in [-0.39, 0.29) is 11.7 Å². The van der Waals surface area contributed by atoms with Crippen molar-refractivity contribution in [2.24, 2.45) is 0 Å². The van der Waals surface area contributed by atoms with E-state index in [0.29, 0.717) is 29.4 Å². The average molecular weight is 311 g/mol. The molecule has 2 aromatic carbocycles. The largest absolute Gasteiger partial charge is 0.493 e. The highest BCUT2D eigenvalue weighted by Crippen LogP contribution is 2.28. The van der Waals surface area contributed by atoms with Crippen LogP contribution < -0.4 is 14.2 Å². The Labute approximate surface area is 128 Å². The second-order valence-electron chi connectivity index (χ2n) is 4.41. The van der Waals surface area contributed by atoms with E-state index < -0.39 is 0 Å². The van der Waals surface area contributed by atoms with E-state index in [1.807, 2.05) is 12.1 Å². The van der Waals surface area contributed by atoms with Crippen molar-refractivity contribution in [1.82, 2.24) is 0 Å². The van der Waals surface area contributed by atoms with Gasteiger partial charge in [0.1, 0.15) is 18.2 Å². The molecule has 0 unspecified atom stereocenters. The molecule has 3 nitrogen and oxygen atoms in total. The predicted octanol–water partition coefficient (Wildman–Crippen LogP) is 4.16. The molecule has 0 aliphatic carbocycles. The highest BCUT2D eigenvalue weighted by molar-refractivity contribution is 6.17. The Balaban J connectivity index is 2.11. The van der Waals surface area contributed by atoms with Crippen LogP contribution in [0.2, 0.25) is 0 Å². The number of ether oxygens (including phenoxy) is 3. The lowest BCUT2D eigenvalue weighted by Gasteiger charge is -2.11. The first-order valence-corrected chi connectivity index (χ1v) is 6.89. The fourth-order valence-electron chi connectivity index (χ4n) is 1.92. The first-order valence-electron chi connectivity index (χ1n) is 6.35. The Morgan fingerprint density at radius 3 is 2.38 bits per heavy atom. The van der Waals surface area contributed by atoms with Gasteiger partial charge in [0.25, 0.3) is 0 Å². The van der Waals surface area contributed by atoms with Crippen LogP contribution in [0.1, 0.15) is 11.1 Å². The maximum absolute atomic E-state index is 13.4. The van der Waals surface area contributed by atoms with Gasteiger partial charge in [-0.05, 0) is 35.4 Å². The number of hydrogen-bond donors (Lipinski definition) is 0. The molecular weight excluding hydrogens is 295 g/mol. The van der Waals surface area contributed by atoms with Crippen molar-refractivity contribution in [3.05, 3.63) is 53.3 Å². The first-order chi connectivity index (χ1) is 10.2. The summed E-state index contributed by atoms with van der Waals surface area (Å²) in [5.41, 5.74) is 1.57. The summed E-state index contributed by atoms with van der Waals surface area (Å²) in [5, 5.41) is 0. The van der Waals surface area contributed by atoms with E-state index in [1.54, 1.807) is 26.4 Å². The fraction of sp³-hybridized carbons (Fsp3) is 0.250.